The third-order valence-corrected chi connectivity index (χ3v) is 5.13. The molecule has 7 heteroatoms. The van der Waals surface area contributed by atoms with Crippen LogP contribution in [0.25, 0.3) is 0 Å². The number of rotatable bonds is 4. The van der Waals surface area contributed by atoms with Gasteiger partial charge in [0, 0.05) is 19.2 Å². The summed E-state index contributed by atoms with van der Waals surface area (Å²) in [6.07, 6.45) is 3.26. The third kappa shape index (κ3) is 2.89. The number of sulfonamides is 1. The number of nitrogens with one attached hydrogen (secondary N) is 1. The van der Waals surface area contributed by atoms with Gasteiger partial charge in [-0.2, -0.15) is 5.10 Å². The van der Waals surface area contributed by atoms with E-state index < -0.39 is 15.9 Å². The molecule has 3 rings (SSSR count). The van der Waals surface area contributed by atoms with E-state index in [4.69, 9.17) is 0 Å². The molecule has 0 saturated heterocycles. The monoisotopic (exact) mass is 319 g/mol. The number of carbonyl (C=O) groups is 1. The Morgan fingerprint density at radius 2 is 2.18 bits per heavy atom. The number of benzene rings is 1. The van der Waals surface area contributed by atoms with E-state index in [0.717, 1.165) is 11.1 Å². The lowest BCUT2D eigenvalue weighted by molar-refractivity contribution is -0.120. The maximum Gasteiger partial charge on any atom is 0.267 e. The Morgan fingerprint density at radius 3 is 2.82 bits per heavy atom. The SMILES string of the molecule is Cc1cccc([C@@H]2C[C@@H]2C(=O)NS(=O)(=O)c2cnn(C)c2)c1. The van der Waals surface area contributed by atoms with Crippen LogP contribution >= 0.6 is 0 Å². The van der Waals surface area contributed by atoms with Crippen molar-refractivity contribution in [2.45, 2.75) is 24.2 Å². The lowest BCUT2D eigenvalue weighted by Gasteiger charge is -2.05. The summed E-state index contributed by atoms with van der Waals surface area (Å²) in [5.41, 5.74) is 2.21. The van der Waals surface area contributed by atoms with Gasteiger partial charge >= 0.3 is 0 Å². The molecule has 1 aliphatic carbocycles. The van der Waals surface area contributed by atoms with Crippen molar-refractivity contribution in [3.63, 3.8) is 0 Å². The summed E-state index contributed by atoms with van der Waals surface area (Å²) in [6.45, 7) is 1.99. The second-order valence-corrected chi connectivity index (χ2v) is 7.36. The van der Waals surface area contributed by atoms with E-state index in [9.17, 15) is 13.2 Å². The fraction of sp³-hybridized carbons (Fsp3) is 0.333. The number of hydrogen-bond acceptors (Lipinski definition) is 4. The van der Waals surface area contributed by atoms with Gasteiger partial charge in [-0.05, 0) is 24.8 Å². The standard InChI is InChI=1S/C15H17N3O3S/c1-10-4-3-5-11(6-10)13-7-14(13)15(19)17-22(20,21)12-8-16-18(2)9-12/h3-6,8-9,13-14H,7H2,1-2H3,(H,17,19)/t13-,14-/m0/s1. The first-order valence-electron chi connectivity index (χ1n) is 6.99. The van der Waals surface area contributed by atoms with Crippen LogP contribution in [0, 0.1) is 12.8 Å². The summed E-state index contributed by atoms with van der Waals surface area (Å²) >= 11 is 0. The second kappa shape index (κ2) is 5.24. The van der Waals surface area contributed by atoms with Crippen LogP contribution in [0.15, 0.2) is 41.6 Å². The van der Waals surface area contributed by atoms with Crippen LogP contribution in [-0.2, 0) is 21.9 Å². The molecule has 22 heavy (non-hydrogen) atoms. The van der Waals surface area contributed by atoms with Crippen molar-refractivity contribution in [1.29, 1.82) is 0 Å². The van der Waals surface area contributed by atoms with Gasteiger partial charge in [-0.3, -0.25) is 9.48 Å². The van der Waals surface area contributed by atoms with E-state index in [2.05, 4.69) is 9.82 Å². The van der Waals surface area contributed by atoms with Crippen LogP contribution < -0.4 is 4.72 Å². The molecule has 1 aromatic carbocycles. The Hall–Kier alpha value is -2.15. The minimum Gasteiger partial charge on any atom is -0.274 e. The quantitative estimate of drug-likeness (QED) is 0.922. The molecular formula is C15H17N3O3S. The van der Waals surface area contributed by atoms with Crippen molar-refractivity contribution in [2.75, 3.05) is 0 Å². The summed E-state index contributed by atoms with van der Waals surface area (Å²) in [5, 5.41) is 3.81. The van der Waals surface area contributed by atoms with Crippen LogP contribution in [0.3, 0.4) is 0 Å². The first-order chi connectivity index (χ1) is 10.4. The summed E-state index contributed by atoms with van der Waals surface area (Å²) in [5.74, 6) is -0.632. The number of nitrogens with zero attached hydrogens (tertiary/aromatic N) is 2. The topological polar surface area (TPSA) is 81.1 Å². The van der Waals surface area contributed by atoms with E-state index in [1.165, 1.54) is 17.1 Å². The highest BCUT2D eigenvalue weighted by molar-refractivity contribution is 7.90. The van der Waals surface area contributed by atoms with Gasteiger partial charge in [0.05, 0.1) is 6.20 Å². The number of amides is 1. The van der Waals surface area contributed by atoms with Gasteiger partial charge in [0.15, 0.2) is 0 Å². The lowest BCUT2D eigenvalue weighted by Crippen LogP contribution is -2.31. The van der Waals surface area contributed by atoms with Gasteiger partial charge in [-0.25, -0.2) is 13.1 Å². The number of aromatic nitrogens is 2. The van der Waals surface area contributed by atoms with E-state index in [-0.39, 0.29) is 16.7 Å². The lowest BCUT2D eigenvalue weighted by atomic mass is 10.1. The summed E-state index contributed by atoms with van der Waals surface area (Å²) in [6, 6.07) is 7.95. The fourth-order valence-corrected chi connectivity index (χ4v) is 3.57. The predicted octanol–water partition coefficient (Wildman–Crippen LogP) is 1.34. The maximum absolute atomic E-state index is 12.2. The summed E-state index contributed by atoms with van der Waals surface area (Å²) in [4.78, 5) is 12.1. The van der Waals surface area contributed by atoms with Crippen LogP contribution in [0.4, 0.5) is 0 Å². The van der Waals surface area contributed by atoms with Crippen molar-refractivity contribution in [3.8, 4) is 0 Å². The Bertz CT molecular complexity index is 826. The molecule has 0 unspecified atom stereocenters. The largest absolute Gasteiger partial charge is 0.274 e. The van der Waals surface area contributed by atoms with Crippen LogP contribution in [0.2, 0.25) is 0 Å². The number of carbonyl (C=O) groups excluding carboxylic acids is 1. The first-order valence-corrected chi connectivity index (χ1v) is 8.47. The zero-order valence-corrected chi connectivity index (χ0v) is 13.2. The Morgan fingerprint density at radius 1 is 1.41 bits per heavy atom. The fourth-order valence-electron chi connectivity index (χ4n) is 2.56. The van der Waals surface area contributed by atoms with E-state index in [0.29, 0.717) is 6.42 Å². The van der Waals surface area contributed by atoms with Crippen molar-refractivity contribution in [3.05, 3.63) is 47.8 Å². The van der Waals surface area contributed by atoms with E-state index >= 15 is 0 Å². The average Bonchev–Trinajstić information content (AvgIpc) is 3.13. The van der Waals surface area contributed by atoms with Gasteiger partial charge in [0.2, 0.25) is 5.91 Å². The van der Waals surface area contributed by atoms with Crippen LogP contribution in [-0.4, -0.2) is 24.1 Å². The van der Waals surface area contributed by atoms with Gasteiger partial charge in [-0.1, -0.05) is 29.8 Å². The molecule has 0 spiro atoms. The van der Waals surface area contributed by atoms with E-state index in [1.54, 1.807) is 7.05 Å². The number of aryl methyl sites for hydroxylation is 2. The highest BCUT2D eigenvalue weighted by Gasteiger charge is 2.45. The molecule has 0 bridgehead atoms. The molecule has 1 N–H and O–H groups in total. The van der Waals surface area contributed by atoms with Crippen molar-refractivity contribution >= 4 is 15.9 Å². The molecule has 1 amide bonds. The molecule has 1 heterocycles. The molecule has 116 valence electrons. The van der Waals surface area contributed by atoms with Gasteiger partial charge in [0.25, 0.3) is 10.0 Å². The Balaban J connectivity index is 1.69. The Labute approximate surface area is 129 Å². The summed E-state index contributed by atoms with van der Waals surface area (Å²) < 4.78 is 27.7. The normalized spacial score (nSPS) is 20.6. The molecule has 2 atom stereocenters. The average molecular weight is 319 g/mol. The molecule has 6 nitrogen and oxygen atoms in total. The molecule has 0 aliphatic heterocycles. The second-order valence-electron chi connectivity index (χ2n) is 5.68. The van der Waals surface area contributed by atoms with Crippen LogP contribution in [0.5, 0.6) is 0 Å². The zero-order valence-electron chi connectivity index (χ0n) is 12.4. The van der Waals surface area contributed by atoms with Gasteiger partial charge < -0.3 is 0 Å². The molecule has 0 radical (unpaired) electrons. The third-order valence-electron chi connectivity index (χ3n) is 3.82. The summed E-state index contributed by atoms with van der Waals surface area (Å²) in [7, 11) is -2.22. The Kier molecular flexibility index (Phi) is 3.52. The first kappa shape index (κ1) is 14.8. The maximum atomic E-state index is 12.2. The molecule has 1 fully saturated rings. The minimum atomic E-state index is -3.84. The predicted molar refractivity (Wildman–Crippen MR) is 80.6 cm³/mol. The zero-order chi connectivity index (χ0) is 15.9. The molecule has 2 aromatic rings. The van der Waals surface area contributed by atoms with Crippen molar-refractivity contribution < 1.29 is 13.2 Å². The van der Waals surface area contributed by atoms with Crippen molar-refractivity contribution in [2.24, 2.45) is 13.0 Å². The van der Waals surface area contributed by atoms with Crippen LogP contribution in [0.1, 0.15) is 23.5 Å². The van der Waals surface area contributed by atoms with Crippen molar-refractivity contribution in [1.82, 2.24) is 14.5 Å². The van der Waals surface area contributed by atoms with E-state index in [1.807, 2.05) is 31.2 Å². The highest BCUT2D eigenvalue weighted by atomic mass is 32.2. The van der Waals surface area contributed by atoms with Gasteiger partial charge in [-0.15, -0.1) is 0 Å². The minimum absolute atomic E-state index is 0.00361. The molecule has 1 saturated carbocycles. The molecular weight excluding hydrogens is 302 g/mol. The number of hydrogen-bond donors (Lipinski definition) is 1. The van der Waals surface area contributed by atoms with Gasteiger partial charge in [0.1, 0.15) is 4.90 Å². The smallest absolute Gasteiger partial charge is 0.267 e. The highest BCUT2D eigenvalue weighted by Crippen LogP contribution is 2.47. The molecule has 1 aliphatic rings. The molecule has 1 aromatic heterocycles.